The molecule has 2 aliphatic rings. The fraction of sp³-hybridized carbons (Fsp3) is 0.833. The highest BCUT2D eigenvalue weighted by atomic mass is 32.2. The van der Waals surface area contributed by atoms with Crippen molar-refractivity contribution in [2.45, 2.75) is 61.5 Å². The van der Waals surface area contributed by atoms with Gasteiger partial charge in [0.25, 0.3) is 0 Å². The molecule has 2 N–H and O–H groups in total. The van der Waals surface area contributed by atoms with Crippen molar-refractivity contribution in [3.8, 4) is 0 Å². The molecule has 5 nitrogen and oxygen atoms in total. The Labute approximate surface area is 111 Å². The third-order valence-electron chi connectivity index (χ3n) is 3.76. The first-order valence-corrected chi connectivity index (χ1v) is 7.74. The van der Waals surface area contributed by atoms with Gasteiger partial charge in [0.2, 0.25) is 0 Å². The van der Waals surface area contributed by atoms with Crippen molar-refractivity contribution in [3.05, 3.63) is 10.5 Å². The summed E-state index contributed by atoms with van der Waals surface area (Å²) in [5.74, 6) is 0. The highest BCUT2D eigenvalue weighted by Crippen LogP contribution is 2.39. The molecule has 1 aromatic rings. The molecule has 0 saturated heterocycles. The van der Waals surface area contributed by atoms with Gasteiger partial charge in [-0.05, 0) is 32.2 Å². The smallest absolute Gasteiger partial charge is 0.313 e. The summed E-state index contributed by atoms with van der Waals surface area (Å²) in [7, 11) is 0. The van der Waals surface area contributed by atoms with Gasteiger partial charge in [0.15, 0.2) is 5.16 Å². The summed E-state index contributed by atoms with van der Waals surface area (Å²) < 4.78 is 1.85. The lowest BCUT2D eigenvalue weighted by Gasteiger charge is -2.19. The second-order valence-corrected chi connectivity index (χ2v) is 6.37. The molecule has 3 rings (SSSR count). The van der Waals surface area contributed by atoms with Gasteiger partial charge in [-0.25, -0.2) is 9.89 Å². The first-order valence-electron chi connectivity index (χ1n) is 6.86. The van der Waals surface area contributed by atoms with Crippen LogP contribution in [-0.2, 0) is 0 Å². The zero-order valence-corrected chi connectivity index (χ0v) is 11.5. The van der Waals surface area contributed by atoms with Crippen molar-refractivity contribution in [2.24, 2.45) is 0 Å². The summed E-state index contributed by atoms with van der Waals surface area (Å²) in [6.07, 6.45) is 5.97. The highest BCUT2D eigenvalue weighted by molar-refractivity contribution is 7.99. The third kappa shape index (κ3) is 2.36. The quantitative estimate of drug-likeness (QED) is 0.850. The van der Waals surface area contributed by atoms with Gasteiger partial charge in [0.05, 0.1) is 0 Å². The second kappa shape index (κ2) is 5.09. The van der Waals surface area contributed by atoms with Gasteiger partial charge in [-0.3, -0.25) is 4.57 Å². The Morgan fingerprint density at radius 3 is 3.00 bits per heavy atom. The van der Waals surface area contributed by atoms with Gasteiger partial charge in [-0.15, -0.1) is 5.10 Å². The van der Waals surface area contributed by atoms with E-state index in [0.717, 1.165) is 24.5 Å². The highest BCUT2D eigenvalue weighted by Gasteiger charge is 2.33. The number of hydrogen-bond acceptors (Lipinski definition) is 4. The molecule has 0 aliphatic heterocycles. The van der Waals surface area contributed by atoms with Crippen LogP contribution in [0.25, 0.3) is 0 Å². The molecule has 1 aromatic heterocycles. The van der Waals surface area contributed by atoms with E-state index in [1.165, 1.54) is 19.3 Å². The molecule has 100 valence electrons. The average molecular weight is 268 g/mol. The first-order chi connectivity index (χ1) is 8.79. The molecule has 0 spiro atoms. The summed E-state index contributed by atoms with van der Waals surface area (Å²) in [5, 5.41) is 11.8. The molecule has 0 bridgehead atoms. The number of aromatic amines is 1. The number of H-pyrrole nitrogens is 1. The molecule has 2 saturated carbocycles. The molecule has 0 radical (unpaired) electrons. The Morgan fingerprint density at radius 2 is 2.28 bits per heavy atom. The van der Waals surface area contributed by atoms with Crippen LogP contribution < -0.4 is 11.0 Å². The van der Waals surface area contributed by atoms with E-state index in [1.54, 1.807) is 11.8 Å². The molecule has 2 unspecified atom stereocenters. The van der Waals surface area contributed by atoms with E-state index in [2.05, 4.69) is 22.4 Å². The predicted molar refractivity (Wildman–Crippen MR) is 72.1 cm³/mol. The van der Waals surface area contributed by atoms with Crippen molar-refractivity contribution in [1.29, 1.82) is 0 Å². The van der Waals surface area contributed by atoms with Crippen LogP contribution in [0.3, 0.4) is 0 Å². The molecule has 2 atom stereocenters. The lowest BCUT2D eigenvalue weighted by molar-refractivity contribution is 0.548. The van der Waals surface area contributed by atoms with E-state index < -0.39 is 0 Å². The van der Waals surface area contributed by atoms with Gasteiger partial charge in [-0.1, -0.05) is 25.1 Å². The normalized spacial score (nSPS) is 27.8. The van der Waals surface area contributed by atoms with Crippen LogP contribution in [0.4, 0.5) is 0 Å². The molecule has 6 heteroatoms. The molecule has 2 aliphatic carbocycles. The molecular weight excluding hydrogens is 248 g/mol. The summed E-state index contributed by atoms with van der Waals surface area (Å²) in [4.78, 5) is 11.7. The monoisotopic (exact) mass is 268 g/mol. The number of nitrogens with zero attached hydrogens (tertiary/aromatic N) is 2. The largest absolute Gasteiger partial charge is 0.344 e. The maximum Gasteiger partial charge on any atom is 0.344 e. The first kappa shape index (κ1) is 12.3. The van der Waals surface area contributed by atoms with Crippen LogP contribution in [-0.4, -0.2) is 32.6 Å². The van der Waals surface area contributed by atoms with Crippen molar-refractivity contribution < 1.29 is 0 Å². The summed E-state index contributed by atoms with van der Waals surface area (Å²) in [6, 6.07) is 0.970. The van der Waals surface area contributed by atoms with E-state index in [9.17, 15) is 4.79 Å². The Bertz CT molecular complexity index is 465. The van der Waals surface area contributed by atoms with E-state index in [4.69, 9.17) is 0 Å². The Kier molecular flexibility index (Phi) is 3.48. The maximum absolute atomic E-state index is 11.7. The van der Waals surface area contributed by atoms with Crippen LogP contribution in [0, 0.1) is 0 Å². The maximum atomic E-state index is 11.7. The molecule has 2 fully saturated rings. The zero-order chi connectivity index (χ0) is 12.5. The molecule has 1 heterocycles. The minimum atomic E-state index is -0.0435. The number of nitrogens with one attached hydrogen (secondary N) is 2. The summed E-state index contributed by atoms with van der Waals surface area (Å²) in [5.41, 5.74) is -0.0435. The van der Waals surface area contributed by atoms with Gasteiger partial charge < -0.3 is 5.32 Å². The zero-order valence-electron chi connectivity index (χ0n) is 10.7. The topological polar surface area (TPSA) is 62.7 Å². The number of aromatic nitrogens is 3. The van der Waals surface area contributed by atoms with Crippen LogP contribution in [0.5, 0.6) is 0 Å². The van der Waals surface area contributed by atoms with Gasteiger partial charge in [-0.2, -0.15) is 0 Å². The number of hydrogen-bond donors (Lipinski definition) is 2. The average Bonchev–Trinajstić information content (AvgIpc) is 3.00. The second-order valence-electron chi connectivity index (χ2n) is 5.16. The van der Waals surface area contributed by atoms with E-state index in [0.29, 0.717) is 17.3 Å². The fourth-order valence-electron chi connectivity index (χ4n) is 2.73. The van der Waals surface area contributed by atoms with Gasteiger partial charge in [0, 0.05) is 17.3 Å². The Morgan fingerprint density at radius 1 is 1.44 bits per heavy atom. The summed E-state index contributed by atoms with van der Waals surface area (Å²) in [6.45, 7) is 3.16. The lowest BCUT2D eigenvalue weighted by Crippen LogP contribution is -2.34. The summed E-state index contributed by atoms with van der Waals surface area (Å²) >= 11 is 1.77. The molecule has 18 heavy (non-hydrogen) atoms. The van der Waals surface area contributed by atoms with Crippen molar-refractivity contribution >= 4 is 11.8 Å². The van der Waals surface area contributed by atoms with Crippen molar-refractivity contribution in [2.75, 3.05) is 6.54 Å². The van der Waals surface area contributed by atoms with Crippen LogP contribution >= 0.6 is 11.8 Å². The van der Waals surface area contributed by atoms with E-state index in [-0.39, 0.29) is 5.69 Å². The van der Waals surface area contributed by atoms with Gasteiger partial charge >= 0.3 is 5.69 Å². The molecular formula is C12H20N4OS. The molecule has 0 aromatic carbocycles. The van der Waals surface area contributed by atoms with Crippen LogP contribution in [0.15, 0.2) is 9.95 Å². The minimum absolute atomic E-state index is 0.0435. The van der Waals surface area contributed by atoms with E-state index in [1.807, 2.05) is 4.57 Å². The fourth-order valence-corrected chi connectivity index (χ4v) is 4.12. The Balaban J connectivity index is 1.74. The number of rotatable bonds is 5. The van der Waals surface area contributed by atoms with E-state index >= 15 is 0 Å². The lowest BCUT2D eigenvalue weighted by atomic mass is 10.2. The minimum Gasteiger partial charge on any atom is -0.313 e. The van der Waals surface area contributed by atoms with Gasteiger partial charge in [0.1, 0.15) is 0 Å². The third-order valence-corrected chi connectivity index (χ3v) is 5.13. The van der Waals surface area contributed by atoms with Crippen LogP contribution in [0.1, 0.15) is 45.1 Å². The van der Waals surface area contributed by atoms with Crippen LogP contribution in [0.2, 0.25) is 0 Å². The SMILES string of the molecule is CCNC1CCCC1Sc1n[nH]c(=O)n1C1CC1. The predicted octanol–water partition coefficient (Wildman–Crippen LogP) is 1.53. The van der Waals surface area contributed by atoms with Crippen molar-refractivity contribution in [3.63, 3.8) is 0 Å². The van der Waals surface area contributed by atoms with Crippen molar-refractivity contribution in [1.82, 2.24) is 20.1 Å². The Hall–Kier alpha value is -0.750. The standard InChI is InChI=1S/C12H20N4OS/c1-2-13-9-4-3-5-10(9)18-12-15-14-11(17)16(12)8-6-7-8/h8-10,13H,2-7H2,1H3,(H,14,17). The number of thioether (sulfide) groups is 1. The molecule has 0 amide bonds.